The van der Waals surface area contributed by atoms with Gasteiger partial charge in [0.05, 0.1) is 10.7 Å². The molecule has 0 radical (unpaired) electrons. The summed E-state index contributed by atoms with van der Waals surface area (Å²) >= 11 is 11.2. The SMILES string of the molecule is CCC1CCC(CNc2ccc(C(N)=S)cc2Cl)CC1. The Morgan fingerprint density at radius 3 is 2.50 bits per heavy atom. The Kier molecular flexibility index (Phi) is 5.67. The molecule has 0 heterocycles. The van der Waals surface area contributed by atoms with E-state index >= 15 is 0 Å². The van der Waals surface area contributed by atoms with E-state index in [1.54, 1.807) is 0 Å². The lowest BCUT2D eigenvalue weighted by Gasteiger charge is -2.28. The minimum Gasteiger partial charge on any atom is -0.389 e. The smallest absolute Gasteiger partial charge is 0.104 e. The second kappa shape index (κ2) is 7.28. The van der Waals surface area contributed by atoms with Gasteiger partial charge in [0.15, 0.2) is 0 Å². The van der Waals surface area contributed by atoms with Crippen molar-refractivity contribution in [2.24, 2.45) is 17.6 Å². The first-order valence-corrected chi connectivity index (χ1v) is 8.22. The van der Waals surface area contributed by atoms with Crippen molar-refractivity contribution in [3.05, 3.63) is 28.8 Å². The van der Waals surface area contributed by atoms with Gasteiger partial charge in [-0.25, -0.2) is 0 Å². The summed E-state index contributed by atoms with van der Waals surface area (Å²) in [6.45, 7) is 3.30. The van der Waals surface area contributed by atoms with Crippen molar-refractivity contribution in [3.8, 4) is 0 Å². The minimum absolute atomic E-state index is 0.385. The number of halogens is 1. The fourth-order valence-electron chi connectivity index (χ4n) is 2.91. The molecule has 1 aliphatic rings. The lowest BCUT2D eigenvalue weighted by Crippen LogP contribution is -2.21. The normalized spacial score (nSPS) is 22.5. The molecule has 0 atom stereocenters. The summed E-state index contributed by atoms with van der Waals surface area (Å²) < 4.78 is 0. The van der Waals surface area contributed by atoms with Crippen LogP contribution < -0.4 is 11.1 Å². The molecule has 0 unspecified atom stereocenters. The highest BCUT2D eigenvalue weighted by Crippen LogP contribution is 2.31. The quantitative estimate of drug-likeness (QED) is 0.780. The molecule has 0 spiro atoms. The third kappa shape index (κ3) is 4.10. The molecule has 1 aromatic carbocycles. The monoisotopic (exact) mass is 310 g/mol. The summed E-state index contributed by atoms with van der Waals surface area (Å²) in [6, 6.07) is 5.72. The number of hydrogen-bond acceptors (Lipinski definition) is 2. The van der Waals surface area contributed by atoms with Crippen LogP contribution in [0.3, 0.4) is 0 Å². The van der Waals surface area contributed by atoms with Gasteiger partial charge in [-0.05, 0) is 42.9 Å². The number of thiocarbonyl (C=S) groups is 1. The van der Waals surface area contributed by atoms with Crippen molar-refractivity contribution in [3.63, 3.8) is 0 Å². The number of rotatable bonds is 5. The molecule has 0 bridgehead atoms. The van der Waals surface area contributed by atoms with Crippen molar-refractivity contribution in [2.75, 3.05) is 11.9 Å². The molecule has 0 amide bonds. The molecular formula is C16H23ClN2S. The molecular weight excluding hydrogens is 288 g/mol. The second-order valence-corrected chi connectivity index (χ2v) is 6.58. The Labute approximate surface area is 132 Å². The van der Waals surface area contributed by atoms with Crippen LogP contribution in [0.2, 0.25) is 5.02 Å². The lowest BCUT2D eigenvalue weighted by molar-refractivity contribution is 0.278. The first-order valence-electron chi connectivity index (χ1n) is 7.43. The second-order valence-electron chi connectivity index (χ2n) is 5.73. The first-order chi connectivity index (χ1) is 9.60. The summed E-state index contributed by atoms with van der Waals surface area (Å²) in [6.07, 6.45) is 6.72. The van der Waals surface area contributed by atoms with Crippen molar-refractivity contribution < 1.29 is 0 Å². The highest BCUT2D eigenvalue weighted by atomic mass is 35.5. The Hall–Kier alpha value is -0.800. The van der Waals surface area contributed by atoms with Crippen LogP contribution in [0.25, 0.3) is 0 Å². The average molecular weight is 311 g/mol. The van der Waals surface area contributed by atoms with E-state index in [0.29, 0.717) is 10.0 Å². The molecule has 0 saturated heterocycles. The maximum Gasteiger partial charge on any atom is 0.104 e. The predicted octanol–water partition coefficient (Wildman–Crippen LogP) is 4.60. The molecule has 1 aromatic rings. The topological polar surface area (TPSA) is 38.0 Å². The van der Waals surface area contributed by atoms with Crippen molar-refractivity contribution in [1.82, 2.24) is 0 Å². The Morgan fingerprint density at radius 2 is 1.95 bits per heavy atom. The van der Waals surface area contributed by atoms with Gasteiger partial charge in [0.1, 0.15) is 4.99 Å². The van der Waals surface area contributed by atoms with E-state index in [2.05, 4.69) is 12.2 Å². The molecule has 20 heavy (non-hydrogen) atoms. The fraction of sp³-hybridized carbons (Fsp3) is 0.562. The largest absolute Gasteiger partial charge is 0.389 e. The van der Waals surface area contributed by atoms with Crippen molar-refractivity contribution in [2.45, 2.75) is 39.0 Å². The maximum atomic E-state index is 6.26. The molecule has 0 aliphatic heterocycles. The molecule has 2 nitrogen and oxygen atoms in total. The Bertz CT molecular complexity index is 468. The van der Waals surface area contributed by atoms with E-state index in [-0.39, 0.29) is 0 Å². The van der Waals surface area contributed by atoms with Crippen LogP contribution in [-0.2, 0) is 0 Å². The number of anilines is 1. The van der Waals surface area contributed by atoms with E-state index < -0.39 is 0 Å². The van der Waals surface area contributed by atoms with Crippen LogP contribution in [0.1, 0.15) is 44.6 Å². The van der Waals surface area contributed by atoms with Gasteiger partial charge >= 0.3 is 0 Å². The van der Waals surface area contributed by atoms with E-state index in [4.69, 9.17) is 29.6 Å². The average Bonchev–Trinajstić information content (AvgIpc) is 2.46. The molecule has 2 rings (SSSR count). The van der Waals surface area contributed by atoms with Gasteiger partial charge in [0.25, 0.3) is 0 Å². The van der Waals surface area contributed by atoms with Crippen LogP contribution in [-0.4, -0.2) is 11.5 Å². The van der Waals surface area contributed by atoms with Crippen LogP contribution >= 0.6 is 23.8 Å². The zero-order valence-electron chi connectivity index (χ0n) is 12.0. The maximum absolute atomic E-state index is 6.26. The van der Waals surface area contributed by atoms with Gasteiger partial charge < -0.3 is 11.1 Å². The number of hydrogen-bond donors (Lipinski definition) is 2. The summed E-state index contributed by atoms with van der Waals surface area (Å²) in [5.41, 5.74) is 7.40. The van der Waals surface area contributed by atoms with Gasteiger partial charge in [-0.2, -0.15) is 0 Å². The van der Waals surface area contributed by atoms with Crippen molar-refractivity contribution >= 4 is 34.5 Å². The molecule has 0 aromatic heterocycles. The van der Waals surface area contributed by atoms with E-state index in [9.17, 15) is 0 Å². The lowest BCUT2D eigenvalue weighted by atomic mass is 9.81. The number of nitrogens with one attached hydrogen (secondary N) is 1. The molecule has 3 N–H and O–H groups in total. The number of benzene rings is 1. The van der Waals surface area contributed by atoms with E-state index in [1.165, 1.54) is 32.1 Å². The summed E-state index contributed by atoms with van der Waals surface area (Å²) in [5, 5.41) is 4.16. The third-order valence-electron chi connectivity index (χ3n) is 4.38. The van der Waals surface area contributed by atoms with Gasteiger partial charge in [0, 0.05) is 12.1 Å². The zero-order valence-corrected chi connectivity index (χ0v) is 13.6. The predicted molar refractivity (Wildman–Crippen MR) is 91.6 cm³/mol. The first kappa shape index (κ1) is 15.6. The molecule has 1 saturated carbocycles. The van der Waals surface area contributed by atoms with Crippen LogP contribution in [0, 0.1) is 11.8 Å². The Morgan fingerprint density at radius 1 is 1.30 bits per heavy atom. The van der Waals surface area contributed by atoms with Gasteiger partial charge in [0.2, 0.25) is 0 Å². The standard InChI is InChI=1S/C16H23ClN2S/c1-2-11-3-5-12(6-4-11)10-19-15-8-7-13(16(18)20)9-14(15)17/h7-9,11-12,19H,2-6,10H2,1H3,(H2,18,20). The van der Waals surface area contributed by atoms with Crippen LogP contribution in [0.4, 0.5) is 5.69 Å². The van der Waals surface area contributed by atoms with Gasteiger partial charge in [-0.15, -0.1) is 0 Å². The van der Waals surface area contributed by atoms with Gasteiger partial charge in [-0.3, -0.25) is 0 Å². The van der Waals surface area contributed by atoms with Gasteiger partial charge in [-0.1, -0.05) is 50.0 Å². The molecule has 1 fully saturated rings. The fourth-order valence-corrected chi connectivity index (χ4v) is 3.28. The highest BCUT2D eigenvalue weighted by Gasteiger charge is 2.19. The molecule has 4 heteroatoms. The van der Waals surface area contributed by atoms with Crippen LogP contribution in [0.5, 0.6) is 0 Å². The van der Waals surface area contributed by atoms with E-state index in [1.807, 2.05) is 18.2 Å². The van der Waals surface area contributed by atoms with E-state index in [0.717, 1.165) is 29.6 Å². The van der Waals surface area contributed by atoms with Crippen molar-refractivity contribution in [1.29, 1.82) is 0 Å². The number of nitrogens with two attached hydrogens (primary N) is 1. The van der Waals surface area contributed by atoms with Crippen LogP contribution in [0.15, 0.2) is 18.2 Å². The summed E-state index contributed by atoms with van der Waals surface area (Å²) in [5.74, 6) is 1.71. The molecule has 1 aliphatic carbocycles. The summed E-state index contributed by atoms with van der Waals surface area (Å²) in [4.78, 5) is 0.385. The highest BCUT2D eigenvalue weighted by molar-refractivity contribution is 7.80. The minimum atomic E-state index is 0.385. The third-order valence-corrected chi connectivity index (χ3v) is 4.93. The zero-order chi connectivity index (χ0) is 14.5. The Balaban J connectivity index is 1.87. The molecule has 110 valence electrons. The summed E-state index contributed by atoms with van der Waals surface area (Å²) in [7, 11) is 0.